The van der Waals surface area contributed by atoms with Crippen LogP contribution in [0.15, 0.2) is 11.6 Å². The Bertz CT molecular complexity index is 248. The number of carbonyl (C=O) groups is 1. The van der Waals surface area contributed by atoms with Crippen molar-refractivity contribution >= 4 is 29.9 Å². The van der Waals surface area contributed by atoms with Crippen LogP contribution in [-0.2, 0) is 9.53 Å². The molecule has 0 aliphatic heterocycles. The minimum absolute atomic E-state index is 0.141. The second kappa shape index (κ2) is 4.47. The van der Waals surface area contributed by atoms with Crippen molar-refractivity contribution in [2.24, 2.45) is 0 Å². The third-order valence-corrected chi connectivity index (χ3v) is 2.82. The van der Waals surface area contributed by atoms with Crippen LogP contribution in [0.2, 0.25) is 0 Å². The number of ether oxygens (including phenoxy) is 1. The number of aromatic nitrogens is 1. The van der Waals surface area contributed by atoms with Crippen molar-refractivity contribution in [1.29, 1.82) is 0 Å². The van der Waals surface area contributed by atoms with Crippen molar-refractivity contribution in [3.8, 4) is 0 Å². The monoisotopic (exact) mass is 203 g/mol. The zero-order chi connectivity index (χ0) is 8.97. The van der Waals surface area contributed by atoms with Gasteiger partial charge in [-0.3, -0.25) is 4.79 Å². The summed E-state index contributed by atoms with van der Waals surface area (Å²) in [7, 11) is 1.37. The first-order valence-electron chi connectivity index (χ1n) is 3.38. The van der Waals surface area contributed by atoms with Gasteiger partial charge in [-0.05, 0) is 0 Å². The molecule has 1 heterocycles. The van der Waals surface area contributed by atoms with Crippen LogP contribution in [0.3, 0.4) is 0 Å². The number of thiol groups is 1. The van der Waals surface area contributed by atoms with Crippen molar-refractivity contribution < 1.29 is 9.53 Å². The van der Waals surface area contributed by atoms with Gasteiger partial charge in [-0.1, -0.05) is 0 Å². The first kappa shape index (κ1) is 9.54. The van der Waals surface area contributed by atoms with Gasteiger partial charge in [0.2, 0.25) is 0 Å². The van der Waals surface area contributed by atoms with Gasteiger partial charge in [-0.25, -0.2) is 4.98 Å². The van der Waals surface area contributed by atoms with E-state index in [1.54, 1.807) is 6.20 Å². The van der Waals surface area contributed by atoms with E-state index in [4.69, 9.17) is 0 Å². The first-order chi connectivity index (χ1) is 5.74. The van der Waals surface area contributed by atoms with E-state index in [9.17, 15) is 4.79 Å². The fourth-order valence-corrected chi connectivity index (χ4v) is 1.75. The fraction of sp³-hybridized carbons (Fsp3) is 0.429. The number of methoxy groups -OCH3 is 1. The molecule has 1 aromatic heterocycles. The number of hydrogen-bond acceptors (Lipinski definition) is 5. The Morgan fingerprint density at radius 2 is 2.67 bits per heavy atom. The van der Waals surface area contributed by atoms with Crippen LogP contribution in [0.5, 0.6) is 0 Å². The van der Waals surface area contributed by atoms with E-state index in [0.29, 0.717) is 0 Å². The molecule has 1 atom stereocenters. The van der Waals surface area contributed by atoms with Crippen molar-refractivity contribution in [3.63, 3.8) is 0 Å². The van der Waals surface area contributed by atoms with Crippen LogP contribution < -0.4 is 0 Å². The second-order valence-electron chi connectivity index (χ2n) is 2.17. The van der Waals surface area contributed by atoms with Crippen molar-refractivity contribution in [1.82, 2.24) is 4.98 Å². The molecule has 1 rings (SSSR count). The Balaban J connectivity index is 2.49. The highest BCUT2D eigenvalue weighted by Crippen LogP contribution is 2.25. The summed E-state index contributed by atoms with van der Waals surface area (Å²) in [6, 6.07) is 0. The quantitative estimate of drug-likeness (QED) is 0.600. The maximum Gasteiger partial charge on any atom is 0.307 e. The van der Waals surface area contributed by atoms with Gasteiger partial charge in [0.15, 0.2) is 0 Å². The van der Waals surface area contributed by atoms with Gasteiger partial charge in [-0.2, -0.15) is 12.6 Å². The predicted molar refractivity (Wildman–Crippen MR) is 50.5 cm³/mol. The van der Waals surface area contributed by atoms with Crippen LogP contribution in [0.25, 0.3) is 0 Å². The standard InChI is InChI=1S/C7H9NO2S2/c1-10-6(9)4-5(11)7-8-2-3-12-7/h2-3,5,11H,4H2,1H3. The van der Waals surface area contributed by atoms with Crippen LogP contribution in [0.4, 0.5) is 0 Å². The molecule has 0 aliphatic carbocycles. The minimum atomic E-state index is -0.259. The van der Waals surface area contributed by atoms with Gasteiger partial charge in [0.25, 0.3) is 0 Å². The van der Waals surface area contributed by atoms with Crippen LogP contribution in [-0.4, -0.2) is 18.1 Å². The number of nitrogens with zero attached hydrogens (tertiary/aromatic N) is 1. The van der Waals surface area contributed by atoms with E-state index >= 15 is 0 Å². The Morgan fingerprint density at radius 1 is 1.92 bits per heavy atom. The molecule has 0 radical (unpaired) electrons. The summed E-state index contributed by atoms with van der Waals surface area (Å²) in [4.78, 5) is 14.9. The maximum absolute atomic E-state index is 10.8. The number of hydrogen-bond donors (Lipinski definition) is 1. The van der Waals surface area contributed by atoms with E-state index in [0.717, 1.165) is 5.01 Å². The normalized spacial score (nSPS) is 12.5. The Morgan fingerprint density at radius 3 is 3.17 bits per heavy atom. The van der Waals surface area contributed by atoms with E-state index in [2.05, 4.69) is 22.3 Å². The average Bonchev–Trinajstić information content (AvgIpc) is 2.56. The molecule has 3 nitrogen and oxygen atoms in total. The van der Waals surface area contributed by atoms with Crippen LogP contribution >= 0.6 is 24.0 Å². The summed E-state index contributed by atoms with van der Waals surface area (Å²) >= 11 is 5.71. The third-order valence-electron chi connectivity index (χ3n) is 1.32. The number of esters is 1. The Kier molecular flexibility index (Phi) is 3.55. The van der Waals surface area contributed by atoms with Gasteiger partial charge in [0.05, 0.1) is 18.8 Å². The Hall–Kier alpha value is -0.550. The number of carbonyl (C=O) groups excluding carboxylic acids is 1. The van der Waals surface area contributed by atoms with E-state index in [-0.39, 0.29) is 17.6 Å². The smallest absolute Gasteiger partial charge is 0.307 e. The highest BCUT2D eigenvalue weighted by molar-refractivity contribution is 7.80. The van der Waals surface area contributed by atoms with E-state index in [1.807, 2.05) is 5.38 Å². The SMILES string of the molecule is COC(=O)CC(S)c1nccs1. The lowest BCUT2D eigenvalue weighted by molar-refractivity contribution is -0.140. The maximum atomic E-state index is 10.8. The van der Waals surface area contributed by atoms with Gasteiger partial charge >= 0.3 is 5.97 Å². The van der Waals surface area contributed by atoms with E-state index < -0.39 is 0 Å². The zero-order valence-corrected chi connectivity index (χ0v) is 8.27. The van der Waals surface area contributed by atoms with Gasteiger partial charge < -0.3 is 4.74 Å². The average molecular weight is 203 g/mol. The second-order valence-corrected chi connectivity index (χ2v) is 3.72. The van der Waals surface area contributed by atoms with Crippen LogP contribution in [0.1, 0.15) is 16.7 Å². The fourth-order valence-electron chi connectivity index (χ4n) is 0.728. The molecular weight excluding hydrogens is 194 g/mol. The molecule has 66 valence electrons. The minimum Gasteiger partial charge on any atom is -0.469 e. The molecule has 0 aliphatic rings. The summed E-state index contributed by atoms with van der Waals surface area (Å²) in [6.07, 6.45) is 1.97. The molecule has 0 saturated heterocycles. The predicted octanol–water partition coefficient (Wildman–Crippen LogP) is 1.68. The van der Waals surface area contributed by atoms with Gasteiger partial charge in [-0.15, -0.1) is 11.3 Å². The molecule has 1 unspecified atom stereocenters. The lowest BCUT2D eigenvalue weighted by Gasteiger charge is -2.04. The summed E-state index contributed by atoms with van der Waals surface area (Å²) in [5.41, 5.74) is 0. The van der Waals surface area contributed by atoms with Crippen molar-refractivity contribution in [2.45, 2.75) is 11.7 Å². The molecule has 0 aromatic carbocycles. The molecule has 0 bridgehead atoms. The molecule has 5 heteroatoms. The summed E-state index contributed by atoms with van der Waals surface area (Å²) < 4.78 is 4.51. The first-order valence-corrected chi connectivity index (χ1v) is 4.78. The summed E-state index contributed by atoms with van der Waals surface area (Å²) in [5.74, 6) is -0.259. The largest absolute Gasteiger partial charge is 0.469 e. The highest BCUT2D eigenvalue weighted by atomic mass is 32.1. The molecule has 0 amide bonds. The lowest BCUT2D eigenvalue weighted by atomic mass is 10.3. The lowest BCUT2D eigenvalue weighted by Crippen LogP contribution is -2.04. The highest BCUT2D eigenvalue weighted by Gasteiger charge is 2.13. The molecular formula is C7H9NO2S2. The molecule has 1 aromatic rings. The number of thiazole rings is 1. The molecule has 0 N–H and O–H groups in total. The molecule has 0 saturated carbocycles. The molecule has 12 heavy (non-hydrogen) atoms. The van der Waals surface area contributed by atoms with Gasteiger partial charge in [0.1, 0.15) is 5.01 Å². The van der Waals surface area contributed by atoms with Gasteiger partial charge in [0, 0.05) is 11.6 Å². The van der Waals surface area contributed by atoms with Crippen molar-refractivity contribution in [3.05, 3.63) is 16.6 Å². The molecule has 0 fully saturated rings. The third kappa shape index (κ3) is 2.49. The summed E-state index contributed by atoms with van der Waals surface area (Å²) in [5, 5.41) is 2.57. The van der Waals surface area contributed by atoms with Crippen molar-refractivity contribution in [2.75, 3.05) is 7.11 Å². The summed E-state index contributed by atoms with van der Waals surface area (Å²) in [6.45, 7) is 0. The van der Waals surface area contributed by atoms with E-state index in [1.165, 1.54) is 18.4 Å². The van der Waals surface area contributed by atoms with Crippen LogP contribution in [0, 0.1) is 0 Å². The Labute approximate surface area is 80.2 Å². The number of rotatable bonds is 3. The zero-order valence-electron chi connectivity index (χ0n) is 6.56. The topological polar surface area (TPSA) is 39.2 Å². The molecule has 0 spiro atoms.